The van der Waals surface area contributed by atoms with E-state index in [0.29, 0.717) is 16.8 Å². The van der Waals surface area contributed by atoms with Crippen LogP contribution in [0.15, 0.2) is 54.6 Å². The number of amides is 1. The van der Waals surface area contributed by atoms with Crippen LogP contribution in [0.3, 0.4) is 0 Å². The monoisotopic (exact) mass is 311 g/mol. The molecule has 120 valence electrons. The molecule has 0 aliphatic rings. The first kappa shape index (κ1) is 16.9. The van der Waals surface area contributed by atoms with E-state index in [9.17, 15) is 14.7 Å². The quantitative estimate of drug-likeness (QED) is 0.805. The van der Waals surface area contributed by atoms with Gasteiger partial charge in [-0.25, -0.2) is 0 Å². The van der Waals surface area contributed by atoms with Gasteiger partial charge in [0, 0.05) is 16.8 Å². The van der Waals surface area contributed by atoms with E-state index in [0.717, 1.165) is 0 Å². The molecule has 0 aliphatic carbocycles. The lowest BCUT2D eigenvalue weighted by molar-refractivity contribution is -0.118. The second kappa shape index (κ2) is 7.70. The zero-order valence-electron chi connectivity index (χ0n) is 13.3. The van der Waals surface area contributed by atoms with Crippen LogP contribution in [0.25, 0.3) is 0 Å². The van der Waals surface area contributed by atoms with E-state index in [1.807, 2.05) is 32.0 Å². The molecule has 0 aromatic heterocycles. The molecule has 0 spiro atoms. The van der Waals surface area contributed by atoms with Crippen LogP contribution in [-0.2, 0) is 4.79 Å². The van der Waals surface area contributed by atoms with Gasteiger partial charge in [0.25, 0.3) is 0 Å². The number of rotatable bonds is 6. The number of carbonyl (C=O) groups is 2. The summed E-state index contributed by atoms with van der Waals surface area (Å²) in [6, 6.07) is 15.8. The minimum absolute atomic E-state index is 0.0201. The van der Waals surface area contributed by atoms with E-state index in [2.05, 4.69) is 5.32 Å². The van der Waals surface area contributed by atoms with Gasteiger partial charge in [0.05, 0.1) is 12.5 Å². The van der Waals surface area contributed by atoms with Crippen LogP contribution >= 0.6 is 0 Å². The highest BCUT2D eigenvalue weighted by Gasteiger charge is 2.15. The number of aliphatic hydroxyl groups excluding tert-OH is 1. The molecular weight excluding hydrogens is 290 g/mol. The number of nitrogens with one attached hydrogen (secondary N) is 1. The summed E-state index contributed by atoms with van der Waals surface area (Å²) >= 11 is 0. The minimum Gasteiger partial charge on any atom is -0.392 e. The Balaban J connectivity index is 2.08. The average molecular weight is 311 g/mol. The Hall–Kier alpha value is -2.46. The molecular formula is C19H21NO3. The van der Waals surface area contributed by atoms with Crippen molar-refractivity contribution in [3.05, 3.63) is 65.7 Å². The van der Waals surface area contributed by atoms with Crippen LogP contribution in [0, 0.1) is 5.92 Å². The van der Waals surface area contributed by atoms with Gasteiger partial charge in [-0.2, -0.15) is 0 Å². The van der Waals surface area contributed by atoms with Crippen LogP contribution in [0.1, 0.15) is 36.2 Å². The molecule has 1 amide bonds. The molecule has 0 aliphatic heterocycles. The molecule has 2 rings (SSSR count). The van der Waals surface area contributed by atoms with Crippen molar-refractivity contribution in [2.75, 3.05) is 5.32 Å². The van der Waals surface area contributed by atoms with Crippen molar-refractivity contribution in [3.8, 4) is 0 Å². The fraction of sp³-hybridized carbons (Fsp3) is 0.263. The van der Waals surface area contributed by atoms with Crippen molar-refractivity contribution in [3.63, 3.8) is 0 Å². The second-order valence-electron chi connectivity index (χ2n) is 5.84. The first-order valence-electron chi connectivity index (χ1n) is 7.65. The molecule has 0 saturated heterocycles. The summed E-state index contributed by atoms with van der Waals surface area (Å²) in [5.74, 6) is -0.342. The molecule has 4 heteroatoms. The summed E-state index contributed by atoms with van der Waals surface area (Å²) in [6.07, 6.45) is -0.640. The van der Waals surface area contributed by atoms with Crippen LogP contribution < -0.4 is 5.32 Å². The predicted octanol–water partition coefficient (Wildman–Crippen LogP) is 3.26. The highest BCUT2D eigenvalue weighted by Crippen LogP contribution is 2.16. The highest BCUT2D eigenvalue weighted by molar-refractivity contribution is 6.09. The van der Waals surface area contributed by atoms with Gasteiger partial charge in [-0.3, -0.25) is 9.59 Å². The summed E-state index contributed by atoms with van der Waals surface area (Å²) in [6.45, 7) is 3.72. The van der Waals surface area contributed by atoms with Gasteiger partial charge < -0.3 is 10.4 Å². The zero-order valence-corrected chi connectivity index (χ0v) is 13.3. The maximum absolute atomic E-state index is 12.4. The lowest BCUT2D eigenvalue weighted by atomic mass is 10.0. The lowest BCUT2D eigenvalue weighted by Gasteiger charge is -2.14. The Morgan fingerprint density at radius 3 is 2.30 bits per heavy atom. The molecule has 1 atom stereocenters. The third-order valence-corrected chi connectivity index (χ3v) is 3.61. The van der Waals surface area contributed by atoms with Crippen molar-refractivity contribution >= 4 is 17.4 Å². The van der Waals surface area contributed by atoms with Gasteiger partial charge in [0.1, 0.15) is 0 Å². The van der Waals surface area contributed by atoms with E-state index in [1.165, 1.54) is 0 Å². The summed E-state index contributed by atoms with van der Waals surface area (Å²) in [5, 5.41) is 12.5. The molecule has 2 aromatic carbocycles. The van der Waals surface area contributed by atoms with Crippen molar-refractivity contribution in [2.45, 2.75) is 26.4 Å². The van der Waals surface area contributed by atoms with Gasteiger partial charge in [-0.05, 0) is 18.1 Å². The summed E-state index contributed by atoms with van der Waals surface area (Å²) in [7, 11) is 0. The summed E-state index contributed by atoms with van der Waals surface area (Å²) < 4.78 is 0. The van der Waals surface area contributed by atoms with E-state index in [-0.39, 0.29) is 24.0 Å². The van der Waals surface area contributed by atoms with E-state index < -0.39 is 6.10 Å². The standard InChI is InChI=1S/C19H21NO3/c1-13(2)17(21)12-18(22)20-16-10-6-9-15(11-16)19(23)14-7-4-3-5-8-14/h3-11,13,17,21H,12H2,1-2H3,(H,20,22). The summed E-state index contributed by atoms with van der Waals surface area (Å²) in [5.41, 5.74) is 1.66. The average Bonchev–Trinajstić information content (AvgIpc) is 2.55. The molecule has 0 saturated carbocycles. The Bertz CT molecular complexity index is 680. The van der Waals surface area contributed by atoms with Gasteiger partial charge in [-0.1, -0.05) is 56.3 Å². The lowest BCUT2D eigenvalue weighted by Crippen LogP contribution is -2.23. The zero-order chi connectivity index (χ0) is 16.8. The number of anilines is 1. The molecule has 2 aromatic rings. The molecule has 4 nitrogen and oxygen atoms in total. The van der Waals surface area contributed by atoms with Crippen molar-refractivity contribution in [1.82, 2.24) is 0 Å². The number of benzene rings is 2. The topological polar surface area (TPSA) is 66.4 Å². The third-order valence-electron chi connectivity index (χ3n) is 3.61. The second-order valence-corrected chi connectivity index (χ2v) is 5.84. The normalized spacial score (nSPS) is 12.0. The van der Waals surface area contributed by atoms with E-state index in [1.54, 1.807) is 36.4 Å². The molecule has 0 fully saturated rings. The van der Waals surface area contributed by atoms with Gasteiger partial charge in [-0.15, -0.1) is 0 Å². The third kappa shape index (κ3) is 4.76. The molecule has 1 unspecified atom stereocenters. The van der Waals surface area contributed by atoms with Crippen molar-refractivity contribution in [1.29, 1.82) is 0 Å². The fourth-order valence-corrected chi connectivity index (χ4v) is 2.13. The highest BCUT2D eigenvalue weighted by atomic mass is 16.3. The maximum atomic E-state index is 12.4. The number of hydrogen-bond donors (Lipinski definition) is 2. The van der Waals surface area contributed by atoms with Crippen molar-refractivity contribution in [2.24, 2.45) is 5.92 Å². The van der Waals surface area contributed by atoms with Crippen LogP contribution in [0.4, 0.5) is 5.69 Å². The Morgan fingerprint density at radius 2 is 1.65 bits per heavy atom. The largest absolute Gasteiger partial charge is 0.392 e. The molecule has 0 radical (unpaired) electrons. The van der Waals surface area contributed by atoms with Crippen LogP contribution in [0.2, 0.25) is 0 Å². The first-order valence-corrected chi connectivity index (χ1v) is 7.65. The Labute approximate surface area is 136 Å². The number of hydrogen-bond acceptors (Lipinski definition) is 3. The molecule has 0 bridgehead atoms. The number of carbonyl (C=O) groups excluding carboxylic acids is 2. The SMILES string of the molecule is CC(C)C(O)CC(=O)Nc1cccc(C(=O)c2ccccc2)c1. The maximum Gasteiger partial charge on any atom is 0.226 e. The first-order chi connectivity index (χ1) is 11.0. The van der Waals surface area contributed by atoms with Gasteiger partial charge in [0.15, 0.2) is 5.78 Å². The molecule has 23 heavy (non-hydrogen) atoms. The van der Waals surface area contributed by atoms with Gasteiger partial charge >= 0.3 is 0 Å². The number of aliphatic hydroxyl groups is 1. The van der Waals surface area contributed by atoms with E-state index in [4.69, 9.17) is 0 Å². The summed E-state index contributed by atoms with van der Waals surface area (Å²) in [4.78, 5) is 24.3. The Kier molecular flexibility index (Phi) is 5.66. The minimum atomic E-state index is -0.677. The smallest absolute Gasteiger partial charge is 0.226 e. The van der Waals surface area contributed by atoms with Crippen LogP contribution in [0.5, 0.6) is 0 Å². The molecule has 0 heterocycles. The number of ketones is 1. The van der Waals surface area contributed by atoms with Crippen LogP contribution in [-0.4, -0.2) is 22.9 Å². The fourth-order valence-electron chi connectivity index (χ4n) is 2.13. The van der Waals surface area contributed by atoms with Gasteiger partial charge in [0.2, 0.25) is 5.91 Å². The predicted molar refractivity (Wildman–Crippen MR) is 90.4 cm³/mol. The van der Waals surface area contributed by atoms with Crippen molar-refractivity contribution < 1.29 is 14.7 Å². The van der Waals surface area contributed by atoms with E-state index >= 15 is 0 Å². The molecule has 2 N–H and O–H groups in total. The Morgan fingerprint density at radius 1 is 1.00 bits per heavy atom.